The van der Waals surface area contributed by atoms with Crippen LogP contribution in [0.15, 0.2) is 30.5 Å². The van der Waals surface area contributed by atoms with Crippen molar-refractivity contribution >= 4 is 17.8 Å². The molecule has 0 bridgehead atoms. The first-order valence-electron chi connectivity index (χ1n) is 11.7. The summed E-state index contributed by atoms with van der Waals surface area (Å²) in [6.07, 6.45) is 3.85. The van der Waals surface area contributed by atoms with Gasteiger partial charge < -0.3 is 20.1 Å². The number of ether oxygens (including phenoxy) is 1. The Hall–Kier alpha value is -3.93. The van der Waals surface area contributed by atoms with E-state index >= 15 is 0 Å². The van der Waals surface area contributed by atoms with Gasteiger partial charge in [0.15, 0.2) is 0 Å². The smallest absolute Gasteiger partial charge is 0.410 e. The molecule has 1 saturated carbocycles. The van der Waals surface area contributed by atoms with Gasteiger partial charge in [-0.3, -0.25) is 9.78 Å². The minimum Gasteiger partial charge on any atom is -0.450 e. The molecule has 1 aliphatic carbocycles. The van der Waals surface area contributed by atoms with E-state index in [-0.39, 0.29) is 17.8 Å². The molecular formula is C23H26N8O4. The van der Waals surface area contributed by atoms with Gasteiger partial charge in [-0.2, -0.15) is 0 Å². The molecule has 4 heterocycles. The minimum atomic E-state index is -0.505. The number of pyridine rings is 2. The third kappa shape index (κ3) is 4.69. The van der Waals surface area contributed by atoms with Crippen molar-refractivity contribution < 1.29 is 19.4 Å². The van der Waals surface area contributed by atoms with Crippen LogP contribution in [0.1, 0.15) is 53.8 Å². The van der Waals surface area contributed by atoms with Gasteiger partial charge in [-0.1, -0.05) is 6.07 Å². The van der Waals surface area contributed by atoms with E-state index in [1.165, 1.54) is 0 Å². The van der Waals surface area contributed by atoms with E-state index in [0.717, 1.165) is 24.0 Å². The topological polar surface area (TPSA) is 148 Å². The second-order valence-corrected chi connectivity index (χ2v) is 8.58. The van der Waals surface area contributed by atoms with Crippen LogP contribution >= 0.6 is 0 Å². The van der Waals surface area contributed by atoms with Crippen LogP contribution < -0.4 is 5.32 Å². The van der Waals surface area contributed by atoms with Crippen molar-refractivity contribution in [1.29, 1.82) is 0 Å². The minimum absolute atomic E-state index is 0.200. The number of carbonyl (C=O) groups excluding carboxylic acids is 2. The molecule has 0 unspecified atom stereocenters. The lowest BCUT2D eigenvalue weighted by atomic mass is 10.0. The van der Waals surface area contributed by atoms with Crippen LogP contribution in [0, 0.1) is 0 Å². The van der Waals surface area contributed by atoms with E-state index in [1.807, 2.05) is 0 Å². The number of rotatable bonds is 5. The fourth-order valence-corrected chi connectivity index (χ4v) is 4.53. The van der Waals surface area contributed by atoms with E-state index in [2.05, 4.69) is 30.8 Å². The van der Waals surface area contributed by atoms with Gasteiger partial charge in [0, 0.05) is 19.3 Å². The molecule has 0 aromatic carbocycles. The van der Waals surface area contributed by atoms with Crippen molar-refractivity contribution in [3.63, 3.8) is 0 Å². The number of nitrogens with zero attached hydrogens (tertiary/aromatic N) is 7. The standard InChI is InChI=1S/C23H26N8O4/c1-2-35-23(34)30-10-9-14-12-24-17(11-15(14)13-30)22(33)26-20-8-3-5-16(25-20)21-27-28-29-31(21)18-6-4-7-19(18)32/h3,5,8,11-12,18-19,32H,2,4,6-7,9-10,13H2,1H3,(H,25,26,33)/t18-,19-/m0/s1. The number of tetrazole rings is 1. The summed E-state index contributed by atoms with van der Waals surface area (Å²) < 4.78 is 6.70. The number of anilines is 1. The number of hydrogen-bond acceptors (Lipinski definition) is 9. The van der Waals surface area contributed by atoms with Crippen LogP contribution in [0.25, 0.3) is 11.5 Å². The van der Waals surface area contributed by atoms with Gasteiger partial charge >= 0.3 is 6.09 Å². The zero-order chi connectivity index (χ0) is 24.4. The first-order valence-corrected chi connectivity index (χ1v) is 11.7. The summed E-state index contributed by atoms with van der Waals surface area (Å²) in [6, 6.07) is 6.66. The van der Waals surface area contributed by atoms with E-state index in [1.54, 1.807) is 47.0 Å². The summed E-state index contributed by atoms with van der Waals surface area (Å²) in [6.45, 7) is 2.99. The van der Waals surface area contributed by atoms with Crippen LogP contribution in [0.3, 0.4) is 0 Å². The molecule has 0 saturated heterocycles. The largest absolute Gasteiger partial charge is 0.450 e. The molecule has 1 aliphatic heterocycles. The Balaban J connectivity index is 1.32. The Labute approximate surface area is 201 Å². The maximum atomic E-state index is 12.9. The molecule has 3 aromatic heterocycles. The molecule has 2 amide bonds. The maximum absolute atomic E-state index is 12.9. The van der Waals surface area contributed by atoms with Gasteiger partial charge in [0.2, 0.25) is 5.82 Å². The lowest BCUT2D eigenvalue weighted by Gasteiger charge is -2.28. The molecule has 3 aromatic rings. The number of aliphatic hydroxyl groups is 1. The van der Waals surface area contributed by atoms with Crippen molar-refractivity contribution in [1.82, 2.24) is 35.1 Å². The van der Waals surface area contributed by atoms with Gasteiger partial charge in [0.1, 0.15) is 17.2 Å². The van der Waals surface area contributed by atoms with Gasteiger partial charge in [-0.05, 0) is 72.4 Å². The predicted octanol–water partition coefficient (Wildman–Crippen LogP) is 1.98. The van der Waals surface area contributed by atoms with Crippen molar-refractivity contribution in [2.75, 3.05) is 18.5 Å². The summed E-state index contributed by atoms with van der Waals surface area (Å²) >= 11 is 0. The number of nitrogens with one attached hydrogen (secondary N) is 1. The molecule has 12 heteroatoms. The highest BCUT2D eigenvalue weighted by molar-refractivity contribution is 6.02. The highest BCUT2D eigenvalue weighted by Crippen LogP contribution is 2.32. The molecule has 2 atom stereocenters. The summed E-state index contributed by atoms with van der Waals surface area (Å²) in [7, 11) is 0. The number of aliphatic hydroxyl groups excluding tert-OH is 1. The molecule has 182 valence electrons. The molecular weight excluding hydrogens is 452 g/mol. The third-order valence-electron chi connectivity index (χ3n) is 6.32. The normalized spacial score (nSPS) is 19.3. The van der Waals surface area contributed by atoms with Crippen molar-refractivity contribution in [2.45, 2.75) is 51.3 Å². The Morgan fingerprint density at radius 2 is 2.14 bits per heavy atom. The van der Waals surface area contributed by atoms with Crippen LogP contribution in [-0.4, -0.2) is 71.4 Å². The zero-order valence-corrected chi connectivity index (χ0v) is 19.3. The molecule has 12 nitrogen and oxygen atoms in total. The average molecular weight is 479 g/mol. The van der Waals surface area contributed by atoms with E-state index in [0.29, 0.717) is 49.9 Å². The molecule has 2 aliphatic rings. The Bertz CT molecular complexity index is 1250. The number of amides is 2. The summed E-state index contributed by atoms with van der Waals surface area (Å²) in [4.78, 5) is 35.5. The highest BCUT2D eigenvalue weighted by Gasteiger charge is 2.30. The fourth-order valence-electron chi connectivity index (χ4n) is 4.53. The summed E-state index contributed by atoms with van der Waals surface area (Å²) in [5.41, 5.74) is 2.57. The monoisotopic (exact) mass is 478 g/mol. The van der Waals surface area contributed by atoms with Gasteiger partial charge in [0.25, 0.3) is 5.91 Å². The fraction of sp³-hybridized carbons (Fsp3) is 0.435. The SMILES string of the molecule is CCOC(=O)N1CCc2cnc(C(=O)Nc3cccc(-c4nnnn4[C@H]4CCC[C@@H]4O)n3)cc2C1. The Morgan fingerprint density at radius 1 is 1.26 bits per heavy atom. The second kappa shape index (κ2) is 9.74. The first kappa shape index (κ1) is 22.8. The third-order valence-corrected chi connectivity index (χ3v) is 6.32. The van der Waals surface area contributed by atoms with Crippen molar-refractivity contribution in [2.24, 2.45) is 0 Å². The van der Waals surface area contributed by atoms with Crippen molar-refractivity contribution in [3.8, 4) is 11.5 Å². The molecule has 5 rings (SSSR count). The van der Waals surface area contributed by atoms with Gasteiger partial charge in [-0.15, -0.1) is 5.10 Å². The Morgan fingerprint density at radius 3 is 2.94 bits per heavy atom. The lowest BCUT2D eigenvalue weighted by molar-refractivity contribution is 0.102. The maximum Gasteiger partial charge on any atom is 0.410 e. The lowest BCUT2D eigenvalue weighted by Crippen LogP contribution is -2.36. The molecule has 0 radical (unpaired) electrons. The molecule has 0 spiro atoms. The van der Waals surface area contributed by atoms with Gasteiger partial charge in [-0.25, -0.2) is 14.5 Å². The Kier molecular flexibility index (Phi) is 6.36. The number of carbonyl (C=O) groups is 2. The first-order chi connectivity index (χ1) is 17.0. The summed E-state index contributed by atoms with van der Waals surface area (Å²) in [5, 5.41) is 24.9. The molecule has 35 heavy (non-hydrogen) atoms. The zero-order valence-electron chi connectivity index (χ0n) is 19.3. The van der Waals surface area contributed by atoms with Crippen LogP contribution in [-0.2, 0) is 17.7 Å². The van der Waals surface area contributed by atoms with E-state index in [4.69, 9.17) is 4.74 Å². The van der Waals surface area contributed by atoms with E-state index in [9.17, 15) is 14.7 Å². The number of fused-ring (bicyclic) bond motifs is 1. The molecule has 1 fully saturated rings. The summed E-state index contributed by atoms with van der Waals surface area (Å²) in [5.74, 6) is 0.330. The van der Waals surface area contributed by atoms with Crippen molar-refractivity contribution in [3.05, 3.63) is 47.3 Å². The quantitative estimate of drug-likeness (QED) is 0.561. The highest BCUT2D eigenvalue weighted by atomic mass is 16.6. The number of hydrogen-bond donors (Lipinski definition) is 2. The van der Waals surface area contributed by atoms with E-state index < -0.39 is 12.0 Å². The van der Waals surface area contributed by atoms with Gasteiger partial charge in [0.05, 0.1) is 18.8 Å². The number of aromatic nitrogens is 6. The predicted molar refractivity (Wildman–Crippen MR) is 123 cm³/mol. The second-order valence-electron chi connectivity index (χ2n) is 8.58. The van der Waals surface area contributed by atoms with Crippen LogP contribution in [0.4, 0.5) is 10.6 Å². The van der Waals surface area contributed by atoms with Crippen LogP contribution in [0.2, 0.25) is 0 Å². The molecule has 2 N–H and O–H groups in total. The average Bonchev–Trinajstić information content (AvgIpc) is 3.52. The van der Waals surface area contributed by atoms with Crippen LogP contribution in [0.5, 0.6) is 0 Å².